The average Bonchev–Trinajstić information content (AvgIpc) is 2.39. The Balaban J connectivity index is 2.42. The summed E-state index contributed by atoms with van der Waals surface area (Å²) in [5, 5.41) is 0. The van der Waals surface area contributed by atoms with Gasteiger partial charge < -0.3 is 23.7 Å². The molecule has 1 fully saturated rings. The van der Waals surface area contributed by atoms with Crippen molar-refractivity contribution >= 4 is 5.97 Å². The van der Waals surface area contributed by atoms with E-state index >= 15 is 0 Å². The second-order valence-electron chi connectivity index (χ2n) is 5.76. The molecule has 6 nitrogen and oxygen atoms in total. The van der Waals surface area contributed by atoms with Crippen molar-refractivity contribution in [3.8, 4) is 0 Å². The smallest absolute Gasteiger partial charge is 0.335 e. The molecule has 1 aliphatic heterocycles. The van der Waals surface area contributed by atoms with Gasteiger partial charge in [-0.3, -0.25) is 0 Å². The summed E-state index contributed by atoms with van der Waals surface area (Å²) in [7, 11) is 3.11. The molecule has 20 heavy (non-hydrogen) atoms. The van der Waals surface area contributed by atoms with Crippen LogP contribution in [0.15, 0.2) is 0 Å². The van der Waals surface area contributed by atoms with Gasteiger partial charge in [-0.15, -0.1) is 0 Å². The van der Waals surface area contributed by atoms with Crippen LogP contribution < -0.4 is 0 Å². The minimum absolute atomic E-state index is 0.262. The number of carbonyl (C=O) groups is 1. The molecule has 1 rings (SSSR count). The topological polar surface area (TPSA) is 63.2 Å². The van der Waals surface area contributed by atoms with Gasteiger partial charge in [0.1, 0.15) is 6.10 Å². The summed E-state index contributed by atoms with van der Waals surface area (Å²) in [5.41, 5.74) is 0. The summed E-state index contributed by atoms with van der Waals surface area (Å²) in [6.45, 7) is 7.45. The molecular formula is C14H26O6. The standard InChI is InChI=1S/C14H26O6/c1-13(2,16-5)18-9-10-7-8-11(12(15)19-10)20-14(3,4)17-6/h10-11H,7-9H2,1-6H3. The molecule has 1 aliphatic rings. The van der Waals surface area contributed by atoms with Crippen LogP contribution in [0.4, 0.5) is 0 Å². The molecule has 0 aromatic carbocycles. The van der Waals surface area contributed by atoms with Crippen molar-refractivity contribution < 1.29 is 28.5 Å². The number of cyclic esters (lactones) is 1. The number of methoxy groups -OCH3 is 2. The fourth-order valence-corrected chi connectivity index (χ4v) is 1.72. The normalized spacial score (nSPS) is 24.6. The molecule has 0 radical (unpaired) electrons. The lowest BCUT2D eigenvalue weighted by Crippen LogP contribution is -2.44. The number of rotatable bonds is 7. The van der Waals surface area contributed by atoms with Crippen molar-refractivity contribution in [2.24, 2.45) is 0 Å². The molecule has 1 heterocycles. The van der Waals surface area contributed by atoms with E-state index in [2.05, 4.69) is 0 Å². The first-order valence-corrected chi connectivity index (χ1v) is 6.81. The van der Waals surface area contributed by atoms with E-state index in [9.17, 15) is 4.79 Å². The fraction of sp³-hybridized carbons (Fsp3) is 0.929. The van der Waals surface area contributed by atoms with Gasteiger partial charge in [-0.2, -0.15) is 0 Å². The molecule has 0 N–H and O–H groups in total. The number of hydrogen-bond donors (Lipinski definition) is 0. The van der Waals surface area contributed by atoms with Crippen molar-refractivity contribution in [2.45, 2.75) is 64.3 Å². The van der Waals surface area contributed by atoms with Gasteiger partial charge in [-0.25, -0.2) is 4.79 Å². The summed E-state index contributed by atoms with van der Waals surface area (Å²) in [6, 6.07) is 0. The van der Waals surface area contributed by atoms with Gasteiger partial charge >= 0.3 is 5.97 Å². The van der Waals surface area contributed by atoms with Gasteiger partial charge in [0.15, 0.2) is 17.7 Å². The number of hydrogen-bond acceptors (Lipinski definition) is 6. The monoisotopic (exact) mass is 290 g/mol. The van der Waals surface area contributed by atoms with E-state index in [0.717, 1.165) is 0 Å². The number of carbonyl (C=O) groups excluding carboxylic acids is 1. The Morgan fingerprint density at radius 1 is 1.10 bits per heavy atom. The molecule has 0 amide bonds. The largest absolute Gasteiger partial charge is 0.458 e. The molecular weight excluding hydrogens is 264 g/mol. The number of esters is 1. The van der Waals surface area contributed by atoms with Crippen LogP contribution in [0.1, 0.15) is 40.5 Å². The van der Waals surface area contributed by atoms with Crippen LogP contribution in [0.5, 0.6) is 0 Å². The maximum Gasteiger partial charge on any atom is 0.335 e. The zero-order chi connectivity index (χ0) is 15.4. The predicted octanol–water partition coefficient (Wildman–Crippen LogP) is 1.86. The van der Waals surface area contributed by atoms with Gasteiger partial charge in [-0.1, -0.05) is 0 Å². The Labute approximate surface area is 120 Å². The van der Waals surface area contributed by atoms with E-state index in [1.54, 1.807) is 21.0 Å². The van der Waals surface area contributed by atoms with Crippen LogP contribution in [-0.4, -0.2) is 50.6 Å². The minimum atomic E-state index is -0.801. The summed E-state index contributed by atoms with van der Waals surface area (Å²) < 4.78 is 26.8. The molecule has 0 spiro atoms. The first-order valence-electron chi connectivity index (χ1n) is 6.81. The Morgan fingerprint density at radius 3 is 2.20 bits per heavy atom. The summed E-state index contributed by atoms with van der Waals surface area (Å²) in [6.07, 6.45) is 0.433. The van der Waals surface area contributed by atoms with Crippen molar-refractivity contribution in [1.29, 1.82) is 0 Å². The van der Waals surface area contributed by atoms with E-state index < -0.39 is 17.7 Å². The zero-order valence-corrected chi connectivity index (χ0v) is 13.2. The zero-order valence-electron chi connectivity index (χ0n) is 13.2. The molecule has 2 unspecified atom stereocenters. The molecule has 1 saturated heterocycles. The third-order valence-electron chi connectivity index (χ3n) is 3.32. The Morgan fingerprint density at radius 2 is 1.70 bits per heavy atom. The molecule has 6 heteroatoms. The van der Waals surface area contributed by atoms with Crippen molar-refractivity contribution in [3.05, 3.63) is 0 Å². The summed E-state index contributed by atoms with van der Waals surface area (Å²) in [5.74, 6) is -1.85. The Bertz CT molecular complexity index is 326. The highest BCUT2D eigenvalue weighted by atomic mass is 16.7. The second-order valence-corrected chi connectivity index (χ2v) is 5.76. The highest BCUT2D eigenvalue weighted by molar-refractivity contribution is 5.75. The van der Waals surface area contributed by atoms with Gasteiger partial charge in [0, 0.05) is 14.2 Å². The molecule has 118 valence electrons. The summed E-state index contributed by atoms with van der Waals surface area (Å²) in [4.78, 5) is 11.9. The maximum atomic E-state index is 11.9. The third kappa shape index (κ3) is 5.36. The lowest BCUT2D eigenvalue weighted by atomic mass is 10.1. The molecule has 0 aromatic rings. The highest BCUT2D eigenvalue weighted by Gasteiger charge is 2.35. The SMILES string of the molecule is COC(C)(C)OCC1CCC(OC(C)(C)OC)C(=O)O1. The lowest BCUT2D eigenvalue weighted by molar-refractivity contribution is -0.248. The van der Waals surface area contributed by atoms with Crippen LogP contribution in [0.25, 0.3) is 0 Å². The predicted molar refractivity (Wildman–Crippen MR) is 72.1 cm³/mol. The first-order chi connectivity index (χ1) is 9.19. The van der Waals surface area contributed by atoms with Crippen LogP contribution in [-0.2, 0) is 28.5 Å². The van der Waals surface area contributed by atoms with E-state index in [0.29, 0.717) is 19.4 Å². The minimum Gasteiger partial charge on any atom is -0.458 e. The van der Waals surface area contributed by atoms with Crippen molar-refractivity contribution in [1.82, 2.24) is 0 Å². The fourth-order valence-electron chi connectivity index (χ4n) is 1.72. The first kappa shape index (κ1) is 17.4. The van der Waals surface area contributed by atoms with Gasteiger partial charge in [0.05, 0.1) is 6.61 Å². The highest BCUT2D eigenvalue weighted by Crippen LogP contribution is 2.24. The van der Waals surface area contributed by atoms with Crippen LogP contribution in [0, 0.1) is 0 Å². The molecule has 2 atom stereocenters. The third-order valence-corrected chi connectivity index (χ3v) is 3.32. The van der Waals surface area contributed by atoms with E-state index in [1.807, 2.05) is 13.8 Å². The molecule has 0 aromatic heterocycles. The van der Waals surface area contributed by atoms with Crippen LogP contribution in [0.3, 0.4) is 0 Å². The number of ether oxygens (including phenoxy) is 5. The quantitative estimate of drug-likeness (QED) is 0.527. The van der Waals surface area contributed by atoms with Gasteiger partial charge in [-0.05, 0) is 40.5 Å². The van der Waals surface area contributed by atoms with E-state index in [-0.39, 0.29) is 12.1 Å². The Kier molecular flexibility index (Phi) is 5.94. The van der Waals surface area contributed by atoms with E-state index in [1.165, 1.54) is 7.11 Å². The van der Waals surface area contributed by atoms with Gasteiger partial charge in [0.25, 0.3) is 0 Å². The van der Waals surface area contributed by atoms with Crippen LogP contribution >= 0.6 is 0 Å². The second kappa shape index (κ2) is 6.85. The van der Waals surface area contributed by atoms with Gasteiger partial charge in [0.2, 0.25) is 0 Å². The van der Waals surface area contributed by atoms with Crippen molar-refractivity contribution in [2.75, 3.05) is 20.8 Å². The van der Waals surface area contributed by atoms with Crippen LogP contribution in [0.2, 0.25) is 0 Å². The Hall–Kier alpha value is -0.690. The van der Waals surface area contributed by atoms with Crippen molar-refractivity contribution in [3.63, 3.8) is 0 Å². The average molecular weight is 290 g/mol. The van der Waals surface area contributed by atoms with E-state index in [4.69, 9.17) is 23.7 Å². The molecule has 0 bridgehead atoms. The molecule has 0 saturated carbocycles. The summed E-state index contributed by atoms with van der Waals surface area (Å²) >= 11 is 0. The lowest BCUT2D eigenvalue weighted by Gasteiger charge is -2.34. The molecule has 0 aliphatic carbocycles. The maximum absolute atomic E-state index is 11.9.